The first-order valence-corrected chi connectivity index (χ1v) is 5.67. The largest absolute Gasteiger partial charge is 0.479 e. The van der Waals surface area contributed by atoms with Crippen LogP contribution in [0.1, 0.15) is 27.2 Å². The Balaban J connectivity index is 2.92. The molecule has 0 bridgehead atoms. The Morgan fingerprint density at radius 3 is 2.56 bits per heavy atom. The van der Waals surface area contributed by atoms with E-state index in [0.717, 1.165) is 6.54 Å². The maximum absolute atomic E-state index is 11.4. The van der Waals surface area contributed by atoms with Gasteiger partial charge in [0.15, 0.2) is 5.54 Å². The number of carbonyl (C=O) groups excluding carboxylic acids is 1. The summed E-state index contributed by atoms with van der Waals surface area (Å²) in [5.41, 5.74) is -1.03. The molecule has 0 aromatic carbocycles. The van der Waals surface area contributed by atoms with Gasteiger partial charge in [-0.3, -0.25) is 9.69 Å². The number of nitrogens with zero attached hydrogens (tertiary/aromatic N) is 2. The maximum Gasteiger partial charge on any atom is 0.331 e. The van der Waals surface area contributed by atoms with Gasteiger partial charge in [-0.1, -0.05) is 0 Å². The quantitative estimate of drug-likeness (QED) is 0.692. The van der Waals surface area contributed by atoms with Crippen LogP contribution in [0.15, 0.2) is 0 Å². The summed E-state index contributed by atoms with van der Waals surface area (Å²) in [7, 11) is 0. The van der Waals surface area contributed by atoms with Gasteiger partial charge in [-0.15, -0.1) is 0 Å². The number of likely N-dealkylation sites (N-methyl/N-ethyl adjacent to an activating group) is 1. The summed E-state index contributed by atoms with van der Waals surface area (Å²) in [6.07, 6.45) is 1.16. The third-order valence-corrected chi connectivity index (χ3v) is 3.42. The molecular weight excluding hydrogens is 208 g/mol. The summed E-state index contributed by atoms with van der Waals surface area (Å²) in [6.45, 7) is 7.46. The molecule has 1 atom stereocenters. The van der Waals surface area contributed by atoms with E-state index in [1.807, 2.05) is 13.8 Å². The van der Waals surface area contributed by atoms with Gasteiger partial charge in [0.1, 0.15) is 0 Å². The number of likely N-dealkylation sites (tertiary alicyclic amines) is 1. The summed E-state index contributed by atoms with van der Waals surface area (Å²) in [5, 5.41) is 9.37. The zero-order valence-electron chi connectivity index (χ0n) is 10.1. The smallest absolute Gasteiger partial charge is 0.331 e. The Hall–Kier alpha value is -1.10. The Morgan fingerprint density at radius 1 is 1.62 bits per heavy atom. The Kier molecular flexibility index (Phi) is 3.91. The first-order valence-electron chi connectivity index (χ1n) is 5.67. The predicted octanol–water partition coefficient (Wildman–Crippen LogP) is 0.402. The summed E-state index contributed by atoms with van der Waals surface area (Å²) in [6, 6.07) is 0.312. The lowest BCUT2D eigenvalue weighted by molar-refractivity contribution is -0.154. The van der Waals surface area contributed by atoms with Crippen LogP contribution in [0.3, 0.4) is 0 Å². The number of hydrogen-bond donors (Lipinski definition) is 1. The normalized spacial score (nSPS) is 26.0. The van der Waals surface area contributed by atoms with Gasteiger partial charge in [0.05, 0.1) is 0 Å². The zero-order valence-corrected chi connectivity index (χ0v) is 10.1. The van der Waals surface area contributed by atoms with Crippen LogP contribution >= 0.6 is 0 Å². The minimum absolute atomic E-state index is 0.312. The number of carbonyl (C=O) groups is 2. The van der Waals surface area contributed by atoms with E-state index in [4.69, 9.17) is 0 Å². The maximum atomic E-state index is 11.4. The SMILES string of the molecule is CCN(C=O)C1(C(=O)O)CCN(C(C)C)C1. The van der Waals surface area contributed by atoms with Crippen LogP contribution in [0.2, 0.25) is 0 Å². The summed E-state index contributed by atoms with van der Waals surface area (Å²) < 4.78 is 0. The summed E-state index contributed by atoms with van der Waals surface area (Å²) in [5.74, 6) is -0.899. The molecule has 1 unspecified atom stereocenters. The van der Waals surface area contributed by atoms with Gasteiger partial charge in [0, 0.05) is 25.7 Å². The van der Waals surface area contributed by atoms with Crippen molar-refractivity contribution in [3.05, 3.63) is 0 Å². The van der Waals surface area contributed by atoms with Crippen molar-refractivity contribution in [2.24, 2.45) is 0 Å². The van der Waals surface area contributed by atoms with Crippen LogP contribution in [0.5, 0.6) is 0 Å². The number of carboxylic acids is 1. The fourth-order valence-corrected chi connectivity index (χ4v) is 2.27. The van der Waals surface area contributed by atoms with Crippen molar-refractivity contribution in [2.45, 2.75) is 38.8 Å². The molecule has 0 aliphatic carbocycles. The van der Waals surface area contributed by atoms with Gasteiger partial charge in [-0.25, -0.2) is 4.79 Å². The standard InChI is InChI=1S/C11H20N2O3/c1-4-13(8-14)11(10(15)16)5-6-12(7-11)9(2)3/h8-9H,4-7H2,1-3H3,(H,15,16). The first kappa shape index (κ1) is 13.0. The van der Waals surface area contributed by atoms with E-state index in [0.29, 0.717) is 32.0 Å². The second kappa shape index (κ2) is 4.82. The fourth-order valence-electron chi connectivity index (χ4n) is 2.27. The molecular formula is C11H20N2O3. The van der Waals surface area contributed by atoms with Crippen LogP contribution in [-0.2, 0) is 9.59 Å². The van der Waals surface area contributed by atoms with Gasteiger partial charge in [0.25, 0.3) is 0 Å². The average Bonchev–Trinajstić information content (AvgIpc) is 2.66. The van der Waals surface area contributed by atoms with E-state index in [1.165, 1.54) is 4.90 Å². The van der Waals surface area contributed by atoms with Crippen LogP contribution in [0.25, 0.3) is 0 Å². The van der Waals surface area contributed by atoms with Crippen LogP contribution in [-0.4, -0.2) is 58.5 Å². The lowest BCUT2D eigenvalue weighted by Gasteiger charge is -2.34. The molecule has 1 aliphatic rings. The van der Waals surface area contributed by atoms with Crippen molar-refractivity contribution >= 4 is 12.4 Å². The number of aliphatic carboxylic acids is 1. The minimum Gasteiger partial charge on any atom is -0.479 e. The highest BCUT2D eigenvalue weighted by atomic mass is 16.4. The van der Waals surface area contributed by atoms with Crippen molar-refractivity contribution in [3.63, 3.8) is 0 Å². The average molecular weight is 228 g/mol. The fraction of sp³-hybridized carbons (Fsp3) is 0.818. The summed E-state index contributed by atoms with van der Waals surface area (Å²) >= 11 is 0. The minimum atomic E-state index is -1.03. The van der Waals surface area contributed by atoms with Gasteiger partial charge >= 0.3 is 5.97 Å². The van der Waals surface area contributed by atoms with Gasteiger partial charge < -0.3 is 10.0 Å². The third kappa shape index (κ3) is 2.04. The third-order valence-electron chi connectivity index (χ3n) is 3.42. The molecule has 16 heavy (non-hydrogen) atoms. The molecule has 1 aliphatic heterocycles. The number of hydrogen-bond acceptors (Lipinski definition) is 3. The highest BCUT2D eigenvalue weighted by Gasteiger charge is 2.49. The second-order valence-electron chi connectivity index (χ2n) is 4.54. The van der Waals surface area contributed by atoms with Gasteiger partial charge in [0.2, 0.25) is 6.41 Å². The molecule has 1 N–H and O–H groups in total. The van der Waals surface area contributed by atoms with Crippen molar-refractivity contribution in [1.29, 1.82) is 0 Å². The monoisotopic (exact) mass is 228 g/mol. The van der Waals surface area contributed by atoms with E-state index in [-0.39, 0.29) is 0 Å². The van der Waals surface area contributed by atoms with Gasteiger partial charge in [-0.05, 0) is 27.2 Å². The molecule has 0 aromatic rings. The lowest BCUT2D eigenvalue weighted by atomic mass is 9.97. The molecule has 1 amide bonds. The Labute approximate surface area is 96.0 Å². The number of amides is 1. The second-order valence-corrected chi connectivity index (χ2v) is 4.54. The summed E-state index contributed by atoms with van der Waals surface area (Å²) in [4.78, 5) is 25.9. The predicted molar refractivity (Wildman–Crippen MR) is 60.1 cm³/mol. The molecule has 0 spiro atoms. The van der Waals surface area contributed by atoms with Crippen molar-refractivity contribution in [2.75, 3.05) is 19.6 Å². The Bertz CT molecular complexity index is 280. The molecule has 5 heteroatoms. The van der Waals surface area contributed by atoms with E-state index < -0.39 is 11.5 Å². The zero-order chi connectivity index (χ0) is 12.3. The van der Waals surface area contributed by atoms with Crippen molar-refractivity contribution < 1.29 is 14.7 Å². The topological polar surface area (TPSA) is 60.9 Å². The van der Waals surface area contributed by atoms with E-state index in [9.17, 15) is 14.7 Å². The molecule has 1 rings (SSSR count). The molecule has 0 saturated carbocycles. The van der Waals surface area contributed by atoms with Crippen LogP contribution < -0.4 is 0 Å². The van der Waals surface area contributed by atoms with E-state index in [2.05, 4.69) is 4.90 Å². The van der Waals surface area contributed by atoms with Crippen LogP contribution in [0, 0.1) is 0 Å². The van der Waals surface area contributed by atoms with E-state index in [1.54, 1.807) is 6.92 Å². The molecule has 1 saturated heterocycles. The molecule has 0 aromatic heterocycles. The first-order chi connectivity index (χ1) is 7.47. The molecule has 0 radical (unpaired) electrons. The van der Waals surface area contributed by atoms with Crippen LogP contribution in [0.4, 0.5) is 0 Å². The van der Waals surface area contributed by atoms with Crippen molar-refractivity contribution in [1.82, 2.24) is 9.80 Å². The Morgan fingerprint density at radius 2 is 2.25 bits per heavy atom. The van der Waals surface area contributed by atoms with Crippen molar-refractivity contribution in [3.8, 4) is 0 Å². The highest BCUT2D eigenvalue weighted by Crippen LogP contribution is 2.28. The van der Waals surface area contributed by atoms with E-state index >= 15 is 0 Å². The number of rotatable bonds is 5. The molecule has 1 fully saturated rings. The number of carboxylic acid groups (broad SMARTS) is 1. The lowest BCUT2D eigenvalue weighted by Crippen LogP contribution is -2.56. The molecule has 92 valence electrons. The molecule has 5 nitrogen and oxygen atoms in total. The molecule has 1 heterocycles. The van der Waals surface area contributed by atoms with Gasteiger partial charge in [-0.2, -0.15) is 0 Å². The highest BCUT2D eigenvalue weighted by molar-refractivity contribution is 5.82.